The first-order chi connectivity index (χ1) is 10.2. The summed E-state index contributed by atoms with van der Waals surface area (Å²) in [6.07, 6.45) is 4.91. The van der Waals surface area contributed by atoms with Crippen molar-refractivity contribution in [3.63, 3.8) is 0 Å². The average molecular weight is 309 g/mol. The van der Waals surface area contributed by atoms with Crippen LogP contribution >= 0.6 is 11.3 Å². The molecule has 0 aliphatic heterocycles. The van der Waals surface area contributed by atoms with Crippen LogP contribution in [-0.4, -0.2) is 36.5 Å². The van der Waals surface area contributed by atoms with Gasteiger partial charge in [-0.1, -0.05) is 25.8 Å². The van der Waals surface area contributed by atoms with Crippen molar-refractivity contribution in [3.8, 4) is 0 Å². The lowest BCUT2D eigenvalue weighted by Crippen LogP contribution is -2.48. The molecule has 1 aliphatic rings. The third-order valence-electron chi connectivity index (χ3n) is 4.43. The van der Waals surface area contributed by atoms with Gasteiger partial charge in [-0.25, -0.2) is 0 Å². The summed E-state index contributed by atoms with van der Waals surface area (Å²) in [5.74, 6) is 0.662. The van der Waals surface area contributed by atoms with Gasteiger partial charge in [-0.3, -0.25) is 9.69 Å². The maximum atomic E-state index is 12.2. The van der Waals surface area contributed by atoms with Crippen LogP contribution in [0.2, 0.25) is 0 Å². The lowest BCUT2D eigenvalue weighted by molar-refractivity contribution is -0.123. The first kappa shape index (κ1) is 16.5. The van der Waals surface area contributed by atoms with Gasteiger partial charge in [-0.15, -0.1) is 11.3 Å². The SMILES string of the molecule is CCN(CC(=O)NCc1cccs1)C1CCCCC1CN. The minimum absolute atomic E-state index is 0.117. The Labute approximate surface area is 131 Å². The summed E-state index contributed by atoms with van der Waals surface area (Å²) in [4.78, 5) is 15.7. The molecule has 4 nitrogen and oxygen atoms in total. The smallest absolute Gasteiger partial charge is 0.234 e. The van der Waals surface area contributed by atoms with Crippen LogP contribution < -0.4 is 11.1 Å². The van der Waals surface area contributed by atoms with Crippen molar-refractivity contribution in [1.29, 1.82) is 0 Å². The second kappa shape index (κ2) is 8.51. The first-order valence-electron chi connectivity index (χ1n) is 7.97. The molecule has 2 unspecified atom stereocenters. The van der Waals surface area contributed by atoms with E-state index in [9.17, 15) is 4.79 Å². The largest absolute Gasteiger partial charge is 0.350 e. The standard InChI is InChI=1S/C16H27N3OS/c1-2-19(15-8-4-3-6-13(15)10-17)12-16(20)18-11-14-7-5-9-21-14/h5,7,9,13,15H,2-4,6,8,10-12,17H2,1H3,(H,18,20). The number of hydrogen-bond donors (Lipinski definition) is 2. The predicted octanol–water partition coefficient (Wildman–Crippen LogP) is 2.20. The second-order valence-electron chi connectivity index (χ2n) is 5.77. The van der Waals surface area contributed by atoms with Gasteiger partial charge in [0.2, 0.25) is 5.91 Å². The van der Waals surface area contributed by atoms with Crippen molar-refractivity contribution in [2.45, 2.75) is 45.2 Å². The number of thiophene rings is 1. The van der Waals surface area contributed by atoms with E-state index in [4.69, 9.17) is 5.73 Å². The van der Waals surface area contributed by atoms with E-state index in [-0.39, 0.29) is 5.91 Å². The maximum absolute atomic E-state index is 12.2. The first-order valence-corrected chi connectivity index (χ1v) is 8.85. The number of likely N-dealkylation sites (N-methyl/N-ethyl adjacent to an activating group) is 1. The van der Waals surface area contributed by atoms with Crippen LogP contribution in [0.3, 0.4) is 0 Å². The van der Waals surface area contributed by atoms with E-state index in [2.05, 4.69) is 17.1 Å². The molecule has 2 rings (SSSR count). The molecule has 1 aliphatic carbocycles. The molecule has 5 heteroatoms. The Morgan fingerprint density at radius 3 is 2.95 bits per heavy atom. The zero-order valence-electron chi connectivity index (χ0n) is 12.9. The normalized spacial score (nSPS) is 22.4. The molecule has 1 heterocycles. The number of carbonyl (C=O) groups excluding carboxylic acids is 1. The van der Waals surface area contributed by atoms with Crippen molar-refractivity contribution in [2.24, 2.45) is 11.7 Å². The number of rotatable bonds is 7. The Morgan fingerprint density at radius 1 is 1.48 bits per heavy atom. The van der Waals surface area contributed by atoms with Crippen LogP contribution in [0, 0.1) is 5.92 Å². The van der Waals surface area contributed by atoms with Crippen LogP contribution in [0.1, 0.15) is 37.5 Å². The quantitative estimate of drug-likeness (QED) is 0.812. The molecule has 2 atom stereocenters. The van der Waals surface area contributed by atoms with Crippen molar-refractivity contribution in [2.75, 3.05) is 19.6 Å². The number of hydrogen-bond acceptors (Lipinski definition) is 4. The van der Waals surface area contributed by atoms with E-state index in [0.29, 0.717) is 25.0 Å². The lowest BCUT2D eigenvalue weighted by Gasteiger charge is -2.38. The van der Waals surface area contributed by atoms with Crippen molar-refractivity contribution >= 4 is 17.2 Å². The summed E-state index contributed by atoms with van der Waals surface area (Å²) >= 11 is 1.68. The minimum Gasteiger partial charge on any atom is -0.350 e. The van der Waals surface area contributed by atoms with Crippen LogP contribution in [0.4, 0.5) is 0 Å². The molecule has 21 heavy (non-hydrogen) atoms. The van der Waals surface area contributed by atoms with Gasteiger partial charge in [0.25, 0.3) is 0 Å². The zero-order chi connectivity index (χ0) is 15.1. The molecule has 0 bridgehead atoms. The van der Waals surface area contributed by atoms with Gasteiger partial charge < -0.3 is 11.1 Å². The molecule has 0 aromatic carbocycles. The summed E-state index contributed by atoms with van der Waals surface area (Å²) in [6.45, 7) is 4.91. The van der Waals surface area contributed by atoms with E-state index in [0.717, 1.165) is 13.1 Å². The predicted molar refractivity (Wildman–Crippen MR) is 88.2 cm³/mol. The van der Waals surface area contributed by atoms with Gasteiger partial charge in [-0.2, -0.15) is 0 Å². The average Bonchev–Trinajstić information content (AvgIpc) is 3.04. The molecular weight excluding hydrogens is 282 g/mol. The molecule has 1 fully saturated rings. The number of nitrogens with zero attached hydrogens (tertiary/aromatic N) is 1. The maximum Gasteiger partial charge on any atom is 0.234 e. The van der Waals surface area contributed by atoms with E-state index >= 15 is 0 Å². The molecule has 118 valence electrons. The molecule has 1 aromatic rings. The van der Waals surface area contributed by atoms with Crippen molar-refractivity contribution in [1.82, 2.24) is 10.2 Å². The summed E-state index contributed by atoms with van der Waals surface area (Å²) < 4.78 is 0. The van der Waals surface area contributed by atoms with E-state index in [1.807, 2.05) is 17.5 Å². The summed E-state index contributed by atoms with van der Waals surface area (Å²) in [7, 11) is 0. The van der Waals surface area contributed by atoms with Gasteiger partial charge in [-0.05, 0) is 43.3 Å². The highest BCUT2D eigenvalue weighted by atomic mass is 32.1. The Morgan fingerprint density at radius 2 is 2.29 bits per heavy atom. The Bertz CT molecular complexity index is 421. The molecule has 1 saturated carbocycles. The van der Waals surface area contributed by atoms with Crippen LogP contribution in [0.5, 0.6) is 0 Å². The van der Waals surface area contributed by atoms with Gasteiger partial charge in [0, 0.05) is 10.9 Å². The van der Waals surface area contributed by atoms with Gasteiger partial charge in [0.1, 0.15) is 0 Å². The molecule has 1 aromatic heterocycles. The fourth-order valence-electron chi connectivity index (χ4n) is 3.25. The van der Waals surface area contributed by atoms with Crippen LogP contribution in [0.15, 0.2) is 17.5 Å². The van der Waals surface area contributed by atoms with Gasteiger partial charge in [0.15, 0.2) is 0 Å². The van der Waals surface area contributed by atoms with E-state index < -0.39 is 0 Å². The third-order valence-corrected chi connectivity index (χ3v) is 5.31. The highest BCUT2D eigenvalue weighted by molar-refractivity contribution is 7.09. The van der Waals surface area contributed by atoms with Crippen molar-refractivity contribution < 1.29 is 4.79 Å². The fourth-order valence-corrected chi connectivity index (χ4v) is 3.89. The number of carbonyl (C=O) groups is 1. The molecular formula is C16H27N3OS. The highest BCUT2D eigenvalue weighted by Crippen LogP contribution is 2.27. The molecule has 1 amide bonds. The Balaban J connectivity index is 1.84. The van der Waals surface area contributed by atoms with Crippen LogP contribution in [0.25, 0.3) is 0 Å². The highest BCUT2D eigenvalue weighted by Gasteiger charge is 2.29. The molecule has 0 saturated heterocycles. The van der Waals surface area contributed by atoms with Gasteiger partial charge in [0.05, 0.1) is 13.1 Å². The zero-order valence-corrected chi connectivity index (χ0v) is 13.7. The van der Waals surface area contributed by atoms with E-state index in [1.54, 1.807) is 11.3 Å². The Hall–Kier alpha value is -0.910. The fraction of sp³-hybridized carbons (Fsp3) is 0.688. The van der Waals surface area contributed by atoms with E-state index in [1.165, 1.54) is 30.6 Å². The summed E-state index contributed by atoms with van der Waals surface area (Å²) in [6, 6.07) is 4.54. The number of amides is 1. The van der Waals surface area contributed by atoms with Crippen molar-refractivity contribution in [3.05, 3.63) is 22.4 Å². The number of nitrogens with two attached hydrogens (primary N) is 1. The Kier molecular flexibility index (Phi) is 6.67. The summed E-state index contributed by atoms with van der Waals surface area (Å²) in [5.41, 5.74) is 5.91. The van der Waals surface area contributed by atoms with Crippen LogP contribution in [-0.2, 0) is 11.3 Å². The third kappa shape index (κ3) is 4.80. The molecule has 0 radical (unpaired) electrons. The van der Waals surface area contributed by atoms with Gasteiger partial charge >= 0.3 is 0 Å². The minimum atomic E-state index is 0.117. The second-order valence-corrected chi connectivity index (χ2v) is 6.80. The molecule has 3 N–H and O–H groups in total. The topological polar surface area (TPSA) is 58.4 Å². The lowest BCUT2D eigenvalue weighted by atomic mass is 9.83. The monoisotopic (exact) mass is 309 g/mol. The summed E-state index contributed by atoms with van der Waals surface area (Å²) in [5, 5.41) is 5.06. The molecule has 0 spiro atoms. The number of nitrogens with one attached hydrogen (secondary N) is 1.